The van der Waals surface area contributed by atoms with E-state index in [1.807, 2.05) is 6.92 Å². The molecule has 148 valence electrons. The lowest BCUT2D eigenvalue weighted by atomic mass is 10.1. The summed E-state index contributed by atoms with van der Waals surface area (Å²) in [4.78, 5) is 23.3. The first-order chi connectivity index (χ1) is 13.4. The van der Waals surface area contributed by atoms with Gasteiger partial charge in [0.15, 0.2) is 18.1 Å². The van der Waals surface area contributed by atoms with Gasteiger partial charge in [-0.3, -0.25) is 4.79 Å². The van der Waals surface area contributed by atoms with Crippen molar-refractivity contribution in [2.75, 3.05) is 20.8 Å². The molecular formula is C19H18ClN2O6-. The number of aryl methyl sites for hydroxylation is 1. The Labute approximate surface area is 166 Å². The number of carbonyl (C=O) groups excluding carboxylic acids is 2. The summed E-state index contributed by atoms with van der Waals surface area (Å²) in [6.45, 7) is 1.54. The quantitative estimate of drug-likeness (QED) is 0.527. The number of carboxylic acid groups (broad SMARTS) is 1. The van der Waals surface area contributed by atoms with E-state index >= 15 is 0 Å². The predicted octanol–water partition coefficient (Wildman–Crippen LogP) is 1.56. The molecule has 0 aliphatic carbocycles. The Morgan fingerprint density at radius 1 is 1.21 bits per heavy atom. The van der Waals surface area contributed by atoms with E-state index in [2.05, 4.69) is 10.5 Å². The monoisotopic (exact) mass is 405 g/mol. The minimum Gasteiger partial charge on any atom is -0.545 e. The SMILES string of the molecule is COc1ccc(/C=N\NC(=O)COc2ccc(Cl)c(C)c2)c(C(=O)[O-])c1OC. The zero-order valence-electron chi connectivity index (χ0n) is 15.4. The Morgan fingerprint density at radius 3 is 2.57 bits per heavy atom. The van der Waals surface area contributed by atoms with Gasteiger partial charge in [-0.15, -0.1) is 0 Å². The van der Waals surface area contributed by atoms with E-state index < -0.39 is 11.9 Å². The van der Waals surface area contributed by atoms with Crippen LogP contribution in [-0.4, -0.2) is 38.9 Å². The molecule has 0 fully saturated rings. The summed E-state index contributed by atoms with van der Waals surface area (Å²) in [6, 6.07) is 7.98. The van der Waals surface area contributed by atoms with Crippen LogP contribution in [0.2, 0.25) is 5.02 Å². The molecule has 0 saturated heterocycles. The van der Waals surface area contributed by atoms with Crippen LogP contribution in [0.1, 0.15) is 21.5 Å². The van der Waals surface area contributed by atoms with Crippen molar-refractivity contribution in [3.05, 3.63) is 52.0 Å². The molecule has 0 aliphatic rings. The number of amides is 1. The minimum absolute atomic E-state index is 0.000724. The number of halogens is 1. The van der Waals surface area contributed by atoms with E-state index in [0.29, 0.717) is 10.8 Å². The summed E-state index contributed by atoms with van der Waals surface area (Å²) in [5, 5.41) is 15.8. The lowest BCUT2D eigenvalue weighted by Gasteiger charge is -2.15. The van der Waals surface area contributed by atoms with Crippen LogP contribution < -0.4 is 24.7 Å². The third-order valence-electron chi connectivity index (χ3n) is 3.67. The highest BCUT2D eigenvalue weighted by Crippen LogP contribution is 2.32. The number of nitrogens with zero attached hydrogens (tertiary/aromatic N) is 1. The van der Waals surface area contributed by atoms with E-state index in [9.17, 15) is 14.7 Å². The molecule has 0 spiro atoms. The van der Waals surface area contributed by atoms with Crippen molar-refractivity contribution >= 4 is 29.7 Å². The molecule has 1 N–H and O–H groups in total. The van der Waals surface area contributed by atoms with Gasteiger partial charge in [0.1, 0.15) is 5.75 Å². The van der Waals surface area contributed by atoms with Crippen LogP contribution in [-0.2, 0) is 4.79 Å². The molecule has 8 nitrogen and oxygen atoms in total. The first-order valence-corrected chi connectivity index (χ1v) is 8.42. The Morgan fingerprint density at radius 2 is 1.96 bits per heavy atom. The van der Waals surface area contributed by atoms with E-state index in [1.165, 1.54) is 26.4 Å². The fourth-order valence-electron chi connectivity index (χ4n) is 2.32. The van der Waals surface area contributed by atoms with Crippen molar-refractivity contribution in [2.45, 2.75) is 6.92 Å². The first-order valence-electron chi connectivity index (χ1n) is 8.04. The molecule has 0 aromatic heterocycles. The maximum absolute atomic E-state index is 11.9. The Balaban J connectivity index is 2.04. The van der Waals surface area contributed by atoms with Crippen LogP contribution in [0.4, 0.5) is 0 Å². The van der Waals surface area contributed by atoms with Gasteiger partial charge in [0, 0.05) is 10.6 Å². The van der Waals surface area contributed by atoms with E-state index in [0.717, 1.165) is 11.8 Å². The zero-order chi connectivity index (χ0) is 20.7. The van der Waals surface area contributed by atoms with Gasteiger partial charge >= 0.3 is 0 Å². The largest absolute Gasteiger partial charge is 0.545 e. The third-order valence-corrected chi connectivity index (χ3v) is 4.10. The second-order valence-corrected chi connectivity index (χ2v) is 5.95. The molecule has 28 heavy (non-hydrogen) atoms. The number of aromatic carboxylic acids is 1. The summed E-state index contributed by atoms with van der Waals surface area (Å²) in [5.41, 5.74) is 3.00. The number of ether oxygens (including phenoxy) is 3. The molecule has 0 heterocycles. The standard InChI is InChI=1S/C19H19ClN2O6/c1-11-8-13(5-6-14(11)20)28-10-16(23)22-21-9-12-4-7-15(26-2)18(27-3)17(12)19(24)25/h4-9H,10H2,1-3H3,(H,22,23)(H,24,25)/p-1/b21-9-. The normalized spacial score (nSPS) is 10.6. The van der Waals surface area contributed by atoms with Crippen LogP contribution in [0.3, 0.4) is 0 Å². The van der Waals surface area contributed by atoms with E-state index in [1.54, 1.807) is 18.2 Å². The zero-order valence-corrected chi connectivity index (χ0v) is 16.2. The van der Waals surface area contributed by atoms with Gasteiger partial charge < -0.3 is 24.1 Å². The first kappa shape index (κ1) is 21.0. The van der Waals surface area contributed by atoms with Crippen molar-refractivity contribution in [1.82, 2.24) is 5.43 Å². The summed E-state index contributed by atoms with van der Waals surface area (Å²) in [7, 11) is 2.69. The highest BCUT2D eigenvalue weighted by molar-refractivity contribution is 6.31. The van der Waals surface area contributed by atoms with Gasteiger partial charge in [-0.25, -0.2) is 5.43 Å². The summed E-state index contributed by atoms with van der Waals surface area (Å²) >= 11 is 5.93. The molecule has 0 aliphatic heterocycles. The molecule has 0 saturated carbocycles. The molecule has 2 aromatic rings. The van der Waals surface area contributed by atoms with Crippen LogP contribution in [0.5, 0.6) is 17.2 Å². The van der Waals surface area contributed by atoms with Crippen LogP contribution in [0, 0.1) is 6.92 Å². The number of carbonyl (C=O) groups is 2. The molecule has 0 unspecified atom stereocenters. The average Bonchev–Trinajstić information content (AvgIpc) is 2.68. The number of methoxy groups -OCH3 is 2. The van der Waals surface area contributed by atoms with Gasteiger partial charge in [0.2, 0.25) is 0 Å². The Kier molecular flexibility index (Phi) is 7.22. The van der Waals surface area contributed by atoms with Gasteiger partial charge in [-0.05, 0) is 42.8 Å². The number of hydrogen-bond acceptors (Lipinski definition) is 7. The van der Waals surface area contributed by atoms with Gasteiger partial charge in [-0.1, -0.05) is 11.6 Å². The molecule has 9 heteroatoms. The van der Waals surface area contributed by atoms with E-state index in [-0.39, 0.29) is 29.2 Å². The number of benzene rings is 2. The van der Waals surface area contributed by atoms with Crippen molar-refractivity contribution in [2.24, 2.45) is 5.10 Å². The van der Waals surface area contributed by atoms with Crippen molar-refractivity contribution in [1.29, 1.82) is 0 Å². The fourth-order valence-corrected chi connectivity index (χ4v) is 2.44. The molecular weight excluding hydrogens is 388 g/mol. The molecule has 2 rings (SSSR count). The minimum atomic E-state index is -1.47. The highest BCUT2D eigenvalue weighted by atomic mass is 35.5. The molecule has 0 bridgehead atoms. The summed E-state index contributed by atoms with van der Waals surface area (Å²) < 4.78 is 15.5. The molecule has 0 atom stereocenters. The Bertz CT molecular complexity index is 914. The number of nitrogens with one attached hydrogen (secondary N) is 1. The number of carboxylic acids is 1. The Hall–Kier alpha value is -3.26. The van der Waals surface area contributed by atoms with Crippen LogP contribution in [0.25, 0.3) is 0 Å². The average molecular weight is 406 g/mol. The lowest BCUT2D eigenvalue weighted by Crippen LogP contribution is -2.26. The van der Waals surface area contributed by atoms with Gasteiger partial charge in [0.05, 0.1) is 32.0 Å². The van der Waals surface area contributed by atoms with Crippen molar-refractivity contribution in [3.63, 3.8) is 0 Å². The summed E-state index contributed by atoms with van der Waals surface area (Å²) in [5.74, 6) is -1.28. The number of hydrogen-bond donors (Lipinski definition) is 1. The third kappa shape index (κ3) is 5.14. The molecule has 1 amide bonds. The number of hydrazone groups is 1. The lowest BCUT2D eigenvalue weighted by molar-refractivity contribution is -0.255. The second kappa shape index (κ2) is 9.61. The van der Waals surface area contributed by atoms with Crippen molar-refractivity contribution < 1.29 is 28.9 Å². The smallest absolute Gasteiger partial charge is 0.277 e. The highest BCUT2D eigenvalue weighted by Gasteiger charge is 2.15. The maximum atomic E-state index is 11.9. The van der Waals surface area contributed by atoms with Crippen LogP contribution in [0.15, 0.2) is 35.4 Å². The molecule has 2 aromatic carbocycles. The fraction of sp³-hybridized carbons (Fsp3) is 0.211. The molecule has 0 radical (unpaired) electrons. The van der Waals surface area contributed by atoms with Gasteiger partial charge in [-0.2, -0.15) is 5.10 Å². The van der Waals surface area contributed by atoms with Crippen molar-refractivity contribution in [3.8, 4) is 17.2 Å². The predicted molar refractivity (Wildman–Crippen MR) is 101 cm³/mol. The topological polar surface area (TPSA) is 109 Å². The van der Waals surface area contributed by atoms with E-state index in [4.69, 9.17) is 25.8 Å². The number of rotatable bonds is 8. The second-order valence-electron chi connectivity index (χ2n) is 5.55. The summed E-state index contributed by atoms with van der Waals surface area (Å²) in [6.07, 6.45) is 1.16. The van der Waals surface area contributed by atoms with Crippen LogP contribution >= 0.6 is 11.6 Å². The van der Waals surface area contributed by atoms with Gasteiger partial charge in [0.25, 0.3) is 5.91 Å². The maximum Gasteiger partial charge on any atom is 0.277 e.